The lowest BCUT2D eigenvalue weighted by Crippen LogP contribution is -2.07. The minimum atomic E-state index is 0.670. The van der Waals surface area contributed by atoms with Crippen LogP contribution in [0.3, 0.4) is 0 Å². The van der Waals surface area contributed by atoms with Crippen molar-refractivity contribution in [2.24, 2.45) is 5.73 Å². The van der Waals surface area contributed by atoms with Gasteiger partial charge in [0.15, 0.2) is 0 Å². The van der Waals surface area contributed by atoms with E-state index in [0.717, 1.165) is 6.54 Å². The molecule has 1 aromatic rings. The smallest absolute Gasteiger partial charge is 0.0124 e. The Labute approximate surface area is 71.2 Å². The van der Waals surface area contributed by atoms with Gasteiger partial charge in [0.2, 0.25) is 0 Å². The van der Waals surface area contributed by atoms with E-state index in [4.69, 9.17) is 5.73 Å². The van der Waals surface area contributed by atoms with Crippen molar-refractivity contribution in [3.05, 3.63) is 21.4 Å². The highest BCUT2D eigenvalue weighted by atomic mass is 32.1. The van der Waals surface area contributed by atoms with E-state index < -0.39 is 0 Å². The van der Waals surface area contributed by atoms with Crippen LogP contribution < -0.4 is 5.73 Å². The number of hydrogen-bond donors (Lipinski definition) is 1. The molecule has 0 unspecified atom stereocenters. The molecular formula is C9H13NS. The summed E-state index contributed by atoms with van der Waals surface area (Å²) >= 11 is 1.89. The van der Waals surface area contributed by atoms with Crippen LogP contribution in [0.4, 0.5) is 0 Å². The summed E-state index contributed by atoms with van der Waals surface area (Å²) in [5.74, 6) is 0.670. The zero-order chi connectivity index (χ0) is 7.84. The molecule has 1 heterocycles. The highest BCUT2D eigenvalue weighted by Crippen LogP contribution is 2.38. The normalized spacial score (nSPS) is 22.2. The molecule has 0 radical (unpaired) electrons. The van der Waals surface area contributed by atoms with Gasteiger partial charge in [0.1, 0.15) is 0 Å². The van der Waals surface area contributed by atoms with Gasteiger partial charge in [0, 0.05) is 10.8 Å². The Morgan fingerprint density at radius 3 is 3.27 bits per heavy atom. The second-order valence-corrected chi connectivity index (χ2v) is 4.14. The number of hydrogen-bond acceptors (Lipinski definition) is 2. The van der Waals surface area contributed by atoms with Gasteiger partial charge in [0.05, 0.1) is 0 Å². The molecule has 0 spiro atoms. The first-order valence-electron chi connectivity index (χ1n) is 4.10. The fourth-order valence-corrected chi connectivity index (χ4v) is 3.08. The highest BCUT2D eigenvalue weighted by molar-refractivity contribution is 7.10. The molecule has 0 saturated heterocycles. The first kappa shape index (κ1) is 7.32. The molecule has 0 aromatic carbocycles. The Morgan fingerprint density at radius 1 is 1.73 bits per heavy atom. The van der Waals surface area contributed by atoms with Crippen LogP contribution in [0.25, 0.3) is 0 Å². The van der Waals surface area contributed by atoms with E-state index in [0.29, 0.717) is 5.92 Å². The highest BCUT2D eigenvalue weighted by Gasteiger charge is 2.23. The molecule has 0 fully saturated rings. The Bertz CT molecular complexity index is 265. The molecule has 1 aliphatic carbocycles. The molecule has 0 amide bonds. The van der Waals surface area contributed by atoms with Crippen LogP contribution in [0.5, 0.6) is 0 Å². The van der Waals surface area contributed by atoms with E-state index in [1.54, 1.807) is 10.4 Å². The maximum atomic E-state index is 5.66. The fraction of sp³-hybridized carbons (Fsp3) is 0.556. The van der Waals surface area contributed by atoms with Gasteiger partial charge in [-0.25, -0.2) is 0 Å². The van der Waals surface area contributed by atoms with Gasteiger partial charge in [-0.1, -0.05) is 0 Å². The molecule has 2 N–H and O–H groups in total. The Hall–Kier alpha value is -0.340. The first-order chi connectivity index (χ1) is 5.33. The van der Waals surface area contributed by atoms with Crippen LogP contribution in [0, 0.1) is 6.92 Å². The van der Waals surface area contributed by atoms with Crippen LogP contribution >= 0.6 is 11.3 Å². The Kier molecular flexibility index (Phi) is 1.74. The van der Waals surface area contributed by atoms with Crippen LogP contribution in [0.15, 0.2) is 5.38 Å². The van der Waals surface area contributed by atoms with E-state index >= 15 is 0 Å². The zero-order valence-corrected chi connectivity index (χ0v) is 7.58. The topological polar surface area (TPSA) is 26.0 Å². The number of aryl methyl sites for hydroxylation is 1. The monoisotopic (exact) mass is 167 g/mol. The van der Waals surface area contributed by atoms with Crippen LogP contribution in [0.1, 0.15) is 28.3 Å². The minimum absolute atomic E-state index is 0.670. The third kappa shape index (κ3) is 1.01. The molecule has 1 aromatic heterocycles. The summed E-state index contributed by atoms with van der Waals surface area (Å²) in [7, 11) is 0. The average molecular weight is 167 g/mol. The van der Waals surface area contributed by atoms with Gasteiger partial charge in [-0.05, 0) is 42.8 Å². The summed E-state index contributed by atoms with van der Waals surface area (Å²) in [5.41, 5.74) is 8.73. The van der Waals surface area contributed by atoms with Gasteiger partial charge < -0.3 is 5.73 Å². The summed E-state index contributed by atoms with van der Waals surface area (Å²) in [6, 6.07) is 0. The van der Waals surface area contributed by atoms with Crippen molar-refractivity contribution >= 4 is 11.3 Å². The maximum absolute atomic E-state index is 5.66. The SMILES string of the molecule is Cc1csc2c1CC[C@H]2CN. The quantitative estimate of drug-likeness (QED) is 0.680. The van der Waals surface area contributed by atoms with E-state index in [-0.39, 0.29) is 0 Å². The number of thiophene rings is 1. The van der Waals surface area contributed by atoms with Gasteiger partial charge in [-0.3, -0.25) is 0 Å². The molecular weight excluding hydrogens is 154 g/mol. The molecule has 0 aliphatic heterocycles. The molecule has 1 aliphatic rings. The third-order valence-electron chi connectivity index (χ3n) is 2.53. The average Bonchev–Trinajstić information content (AvgIpc) is 2.53. The molecule has 1 atom stereocenters. The maximum Gasteiger partial charge on any atom is 0.0124 e. The van der Waals surface area contributed by atoms with Crippen molar-refractivity contribution in [3.8, 4) is 0 Å². The van der Waals surface area contributed by atoms with Crippen LogP contribution in [-0.4, -0.2) is 6.54 Å². The van der Waals surface area contributed by atoms with Crippen molar-refractivity contribution in [2.45, 2.75) is 25.7 Å². The predicted octanol–water partition coefficient (Wildman–Crippen LogP) is 2.05. The lowest BCUT2D eigenvalue weighted by Gasteiger charge is -2.02. The van der Waals surface area contributed by atoms with E-state index in [1.165, 1.54) is 18.4 Å². The van der Waals surface area contributed by atoms with Crippen molar-refractivity contribution < 1.29 is 0 Å². The molecule has 0 saturated carbocycles. The van der Waals surface area contributed by atoms with E-state index in [1.807, 2.05) is 11.3 Å². The third-order valence-corrected chi connectivity index (χ3v) is 3.84. The molecule has 1 nitrogen and oxygen atoms in total. The molecule has 60 valence electrons. The molecule has 2 rings (SSSR count). The number of rotatable bonds is 1. The summed E-state index contributed by atoms with van der Waals surface area (Å²) in [6.07, 6.45) is 2.53. The minimum Gasteiger partial charge on any atom is -0.330 e. The second-order valence-electron chi connectivity index (χ2n) is 3.23. The van der Waals surface area contributed by atoms with E-state index in [9.17, 15) is 0 Å². The Morgan fingerprint density at radius 2 is 2.55 bits per heavy atom. The lowest BCUT2D eigenvalue weighted by atomic mass is 10.1. The predicted molar refractivity (Wildman–Crippen MR) is 49.2 cm³/mol. The number of nitrogens with two attached hydrogens (primary N) is 1. The van der Waals surface area contributed by atoms with Gasteiger partial charge in [-0.2, -0.15) is 0 Å². The van der Waals surface area contributed by atoms with Crippen molar-refractivity contribution in [3.63, 3.8) is 0 Å². The summed E-state index contributed by atoms with van der Waals surface area (Å²) < 4.78 is 0. The van der Waals surface area contributed by atoms with Crippen LogP contribution in [-0.2, 0) is 6.42 Å². The van der Waals surface area contributed by atoms with Crippen molar-refractivity contribution in [1.82, 2.24) is 0 Å². The second kappa shape index (κ2) is 2.61. The standard InChI is InChI=1S/C9H13NS/c1-6-5-11-9-7(4-10)2-3-8(6)9/h5,7H,2-4,10H2,1H3/t7-/m0/s1. The van der Waals surface area contributed by atoms with E-state index in [2.05, 4.69) is 12.3 Å². The van der Waals surface area contributed by atoms with Gasteiger partial charge in [-0.15, -0.1) is 11.3 Å². The zero-order valence-electron chi connectivity index (χ0n) is 6.76. The lowest BCUT2D eigenvalue weighted by molar-refractivity contribution is 0.695. The van der Waals surface area contributed by atoms with Gasteiger partial charge >= 0.3 is 0 Å². The van der Waals surface area contributed by atoms with Crippen molar-refractivity contribution in [2.75, 3.05) is 6.54 Å². The molecule has 11 heavy (non-hydrogen) atoms. The largest absolute Gasteiger partial charge is 0.330 e. The van der Waals surface area contributed by atoms with Crippen molar-refractivity contribution in [1.29, 1.82) is 0 Å². The van der Waals surface area contributed by atoms with Crippen LogP contribution in [0.2, 0.25) is 0 Å². The molecule has 0 bridgehead atoms. The fourth-order valence-electron chi connectivity index (χ4n) is 1.83. The Balaban J connectivity index is 2.40. The first-order valence-corrected chi connectivity index (χ1v) is 4.98. The summed E-state index contributed by atoms with van der Waals surface area (Å²) in [4.78, 5) is 1.56. The number of fused-ring (bicyclic) bond motifs is 1. The summed E-state index contributed by atoms with van der Waals surface area (Å²) in [5, 5.41) is 2.26. The van der Waals surface area contributed by atoms with Gasteiger partial charge in [0.25, 0.3) is 0 Å². The molecule has 2 heteroatoms. The summed E-state index contributed by atoms with van der Waals surface area (Å²) in [6.45, 7) is 3.03.